The van der Waals surface area contributed by atoms with Crippen LogP contribution in [0.15, 0.2) is 18.2 Å². The number of rotatable bonds is 6. The molecule has 27 heavy (non-hydrogen) atoms. The first-order valence-electron chi connectivity index (χ1n) is 7.23. The van der Waals surface area contributed by atoms with Crippen molar-refractivity contribution in [3.05, 3.63) is 34.1 Å². The van der Waals surface area contributed by atoms with Crippen molar-refractivity contribution in [3.8, 4) is 22.9 Å². The zero-order valence-corrected chi connectivity index (χ0v) is 15.5. The smallest absolute Gasteiger partial charge is 0.463 e. The summed E-state index contributed by atoms with van der Waals surface area (Å²) in [6, 6.07) is 3.91. The summed E-state index contributed by atoms with van der Waals surface area (Å²) in [5, 5.41) is 10.9. The number of halogens is 3. The van der Waals surface area contributed by atoms with Crippen LogP contribution in [0.3, 0.4) is 0 Å². The molecule has 1 aromatic heterocycles. The summed E-state index contributed by atoms with van der Waals surface area (Å²) in [5.41, 5.74) is -0.182. The minimum absolute atomic E-state index is 0.00800. The highest BCUT2D eigenvalue weighted by Gasteiger charge is 2.21. The molecule has 1 heterocycles. The van der Waals surface area contributed by atoms with Gasteiger partial charge in [-0.3, -0.25) is 4.79 Å². The minimum Gasteiger partial charge on any atom is -0.463 e. The molecule has 1 aromatic carbocycles. The van der Waals surface area contributed by atoms with E-state index in [-0.39, 0.29) is 39.5 Å². The molecule has 0 saturated heterocycles. The number of anilines is 1. The molecule has 11 heteroatoms. The van der Waals surface area contributed by atoms with E-state index in [0.29, 0.717) is 0 Å². The molecule has 0 bridgehead atoms. The summed E-state index contributed by atoms with van der Waals surface area (Å²) in [6.07, 6.45) is -1.68. The average molecular weight is 419 g/mol. The summed E-state index contributed by atoms with van der Waals surface area (Å²) in [5.74, 6) is -2.17. The number of nitrogens with one attached hydrogen (secondary N) is 1. The van der Waals surface area contributed by atoms with E-state index in [4.69, 9.17) is 37.8 Å². The highest BCUT2D eigenvalue weighted by molar-refractivity contribution is 6.35. The van der Waals surface area contributed by atoms with Gasteiger partial charge in [0.05, 0.1) is 16.4 Å². The first-order chi connectivity index (χ1) is 12.7. The Hall–Kier alpha value is -2.62. The van der Waals surface area contributed by atoms with Gasteiger partial charge in [0.1, 0.15) is 5.02 Å². The van der Waals surface area contributed by atoms with Crippen LogP contribution in [0.4, 0.5) is 14.9 Å². The Bertz CT molecular complexity index is 856. The van der Waals surface area contributed by atoms with Crippen LogP contribution in [0, 0.1) is 5.82 Å². The van der Waals surface area contributed by atoms with Crippen LogP contribution in [-0.2, 0) is 9.53 Å². The molecule has 2 aromatic rings. The number of nitrogens with zero attached hydrogens (tertiary/aromatic N) is 1. The number of pyridine rings is 1. The second-order valence-electron chi connectivity index (χ2n) is 5.01. The second-order valence-corrected chi connectivity index (χ2v) is 5.80. The Morgan fingerprint density at radius 1 is 1.33 bits per heavy atom. The lowest BCUT2D eigenvalue weighted by atomic mass is 10.1. The van der Waals surface area contributed by atoms with Crippen LogP contribution in [-0.4, -0.2) is 36.1 Å². The van der Waals surface area contributed by atoms with E-state index >= 15 is 0 Å². The van der Waals surface area contributed by atoms with Crippen molar-refractivity contribution >= 4 is 41.0 Å². The van der Waals surface area contributed by atoms with Gasteiger partial charge in [-0.05, 0) is 18.2 Å². The summed E-state index contributed by atoms with van der Waals surface area (Å²) < 4.78 is 29.2. The molecule has 0 unspecified atom stereocenters. The molecular formula is C16H13Cl2FN2O6. The predicted molar refractivity (Wildman–Crippen MR) is 95.1 cm³/mol. The van der Waals surface area contributed by atoms with Crippen LogP contribution in [0.5, 0.6) is 11.6 Å². The van der Waals surface area contributed by atoms with Gasteiger partial charge >= 0.3 is 6.16 Å². The van der Waals surface area contributed by atoms with Gasteiger partial charge in [0, 0.05) is 19.6 Å². The largest absolute Gasteiger partial charge is 0.512 e. The van der Waals surface area contributed by atoms with E-state index in [9.17, 15) is 14.0 Å². The first-order valence-corrected chi connectivity index (χ1v) is 7.99. The first kappa shape index (κ1) is 20.7. The highest BCUT2D eigenvalue weighted by atomic mass is 35.5. The van der Waals surface area contributed by atoms with Crippen LogP contribution in [0.2, 0.25) is 10.0 Å². The number of benzene rings is 1. The number of carbonyl (C=O) groups is 2. The lowest BCUT2D eigenvalue weighted by Crippen LogP contribution is -2.10. The number of carbonyl (C=O) groups excluding carboxylic acids is 1. The number of carboxylic acid groups (broad SMARTS) is 1. The fraction of sp³-hybridized carbons (Fsp3) is 0.188. The van der Waals surface area contributed by atoms with Gasteiger partial charge in [0.2, 0.25) is 11.8 Å². The molecule has 0 atom stereocenters. The maximum absolute atomic E-state index is 14.8. The van der Waals surface area contributed by atoms with Gasteiger partial charge in [-0.1, -0.05) is 23.2 Å². The Morgan fingerprint density at radius 3 is 2.63 bits per heavy atom. The molecule has 0 aliphatic rings. The van der Waals surface area contributed by atoms with E-state index in [1.165, 1.54) is 32.2 Å². The van der Waals surface area contributed by atoms with E-state index in [1.54, 1.807) is 0 Å². The maximum atomic E-state index is 14.8. The monoisotopic (exact) mass is 418 g/mol. The number of ether oxygens (including phenoxy) is 3. The van der Waals surface area contributed by atoms with E-state index in [0.717, 1.165) is 0 Å². The minimum atomic E-state index is -1.68. The van der Waals surface area contributed by atoms with Crippen molar-refractivity contribution in [2.24, 2.45) is 0 Å². The van der Waals surface area contributed by atoms with Gasteiger partial charge in [0.15, 0.2) is 18.4 Å². The third-order valence-corrected chi connectivity index (χ3v) is 3.73. The van der Waals surface area contributed by atoms with Crippen molar-refractivity contribution in [2.45, 2.75) is 6.92 Å². The summed E-state index contributed by atoms with van der Waals surface area (Å²) >= 11 is 11.9. The normalized spacial score (nSPS) is 10.4. The zero-order chi connectivity index (χ0) is 20.1. The predicted octanol–water partition coefficient (Wildman–Crippen LogP) is 4.19. The van der Waals surface area contributed by atoms with Crippen LogP contribution < -0.4 is 14.8 Å². The van der Waals surface area contributed by atoms with Crippen LogP contribution in [0.1, 0.15) is 6.92 Å². The number of amides is 1. The van der Waals surface area contributed by atoms with Crippen LogP contribution >= 0.6 is 23.2 Å². The Kier molecular flexibility index (Phi) is 6.78. The molecule has 0 aliphatic heterocycles. The fourth-order valence-corrected chi connectivity index (χ4v) is 2.44. The molecule has 0 saturated carbocycles. The maximum Gasteiger partial charge on any atom is 0.512 e. The molecule has 0 radical (unpaired) electrons. The molecular weight excluding hydrogens is 406 g/mol. The van der Waals surface area contributed by atoms with Crippen molar-refractivity contribution < 1.29 is 33.3 Å². The van der Waals surface area contributed by atoms with Crippen molar-refractivity contribution in [3.63, 3.8) is 0 Å². The molecule has 2 rings (SSSR count). The van der Waals surface area contributed by atoms with E-state index < -0.39 is 23.8 Å². The number of methoxy groups -OCH3 is 1. The third kappa shape index (κ3) is 4.97. The quantitative estimate of drug-likeness (QED) is 0.534. The Morgan fingerprint density at radius 2 is 2.04 bits per heavy atom. The molecule has 0 aliphatic carbocycles. The summed E-state index contributed by atoms with van der Waals surface area (Å²) in [6.45, 7) is 0.965. The van der Waals surface area contributed by atoms with E-state index in [1.807, 2.05) is 0 Å². The van der Waals surface area contributed by atoms with Gasteiger partial charge < -0.3 is 24.6 Å². The molecule has 0 spiro atoms. The fourth-order valence-electron chi connectivity index (χ4n) is 2.06. The number of aromatic nitrogens is 1. The summed E-state index contributed by atoms with van der Waals surface area (Å²) in [7, 11) is 1.35. The standard InChI is InChI=1S/C16H13Cl2FN2O6/c1-7(22)20-11-5-10(21-15(12(11)18)27-16(23)24)8-3-4-9(17)14(13(8)19)26-6-25-2/h3-5H,6H2,1-2H3,(H,23,24)(H,20,21,22). The zero-order valence-electron chi connectivity index (χ0n) is 14.0. The lowest BCUT2D eigenvalue weighted by Gasteiger charge is -2.14. The average Bonchev–Trinajstić information content (AvgIpc) is 2.57. The van der Waals surface area contributed by atoms with Crippen molar-refractivity contribution in [2.75, 3.05) is 19.2 Å². The van der Waals surface area contributed by atoms with Crippen molar-refractivity contribution in [1.82, 2.24) is 4.98 Å². The highest BCUT2D eigenvalue weighted by Crippen LogP contribution is 2.39. The van der Waals surface area contributed by atoms with Gasteiger partial charge in [-0.2, -0.15) is 0 Å². The van der Waals surface area contributed by atoms with Crippen LogP contribution in [0.25, 0.3) is 11.3 Å². The van der Waals surface area contributed by atoms with Gasteiger partial charge in [0.25, 0.3) is 0 Å². The third-order valence-electron chi connectivity index (χ3n) is 3.07. The van der Waals surface area contributed by atoms with Gasteiger partial charge in [-0.15, -0.1) is 0 Å². The molecule has 0 fully saturated rings. The number of hydrogen-bond donors (Lipinski definition) is 2. The molecule has 2 N–H and O–H groups in total. The van der Waals surface area contributed by atoms with E-state index in [2.05, 4.69) is 15.0 Å². The second kappa shape index (κ2) is 8.85. The summed E-state index contributed by atoms with van der Waals surface area (Å²) in [4.78, 5) is 26.1. The molecule has 8 nitrogen and oxygen atoms in total. The number of hydrogen-bond acceptors (Lipinski definition) is 6. The SMILES string of the molecule is COCOc1c(Cl)ccc(-c2cc(NC(C)=O)c(Cl)c(OC(=O)O)n2)c1F. The van der Waals surface area contributed by atoms with Crippen molar-refractivity contribution in [1.29, 1.82) is 0 Å². The Balaban J connectivity index is 2.63. The molecule has 144 valence electrons. The lowest BCUT2D eigenvalue weighted by molar-refractivity contribution is -0.114. The Labute approximate surface area is 162 Å². The van der Waals surface area contributed by atoms with Gasteiger partial charge in [-0.25, -0.2) is 14.2 Å². The topological polar surface area (TPSA) is 107 Å². The molecule has 1 amide bonds.